The Morgan fingerprint density at radius 1 is 0.694 bits per heavy atom. The van der Waals surface area contributed by atoms with E-state index >= 15 is 0 Å². The highest BCUT2D eigenvalue weighted by Gasteiger charge is 2.71. The Kier molecular flexibility index (Phi) is 7.57. The summed E-state index contributed by atoms with van der Waals surface area (Å²) in [4.78, 5) is 12.5. The van der Waals surface area contributed by atoms with E-state index in [1.54, 1.807) is 0 Å². The van der Waals surface area contributed by atoms with Crippen molar-refractivity contribution in [2.75, 3.05) is 6.54 Å². The molecule has 0 aromatic carbocycles. The van der Waals surface area contributed by atoms with Crippen molar-refractivity contribution in [2.45, 2.75) is 180 Å². The number of ether oxygens (including phenoxy) is 4. The normalized spacial score (nSPS) is 63.6. The Bertz CT molecular complexity index is 1300. The molecule has 2 spiro atoms. The van der Waals surface area contributed by atoms with Gasteiger partial charge in [0.05, 0.1) is 12.2 Å². The molecule has 7 heteroatoms. The molecule has 49 heavy (non-hydrogen) atoms. The van der Waals surface area contributed by atoms with Gasteiger partial charge in [-0.05, 0) is 149 Å². The maximum absolute atomic E-state index is 7.17. The monoisotopic (exact) mass is 681 g/mol. The molecule has 1 N–H and O–H groups in total. The van der Waals surface area contributed by atoms with E-state index in [1.807, 2.05) is 6.92 Å². The summed E-state index contributed by atoms with van der Waals surface area (Å²) in [7, 11) is 0. The van der Waals surface area contributed by atoms with Gasteiger partial charge >= 0.3 is 0 Å². The molecule has 11 rings (SSSR count). The van der Waals surface area contributed by atoms with E-state index in [0.717, 1.165) is 61.8 Å². The first-order valence-electron chi connectivity index (χ1n) is 21.2. The Balaban J connectivity index is 0.828. The van der Waals surface area contributed by atoms with Crippen LogP contribution in [0.25, 0.3) is 0 Å². The molecule has 0 aromatic rings. The van der Waals surface area contributed by atoms with Gasteiger partial charge < -0.3 is 18.9 Å². The van der Waals surface area contributed by atoms with Crippen LogP contribution in [0.1, 0.15) is 138 Å². The minimum atomic E-state index is -0.737. The van der Waals surface area contributed by atoms with Crippen molar-refractivity contribution in [3.8, 4) is 0 Å². The molecule has 11 aliphatic rings. The summed E-state index contributed by atoms with van der Waals surface area (Å²) in [6.45, 7) is 18.2. The standard InChI is InChI=1S/C42H67NO6/c1-23-12-19-41(43-22-23)26(4)35-34(46-41)21-33-29-10-9-27-20-28(13-16-38(27,5)32(29)14-17-39(33,35)6)44-36-25(3)31-11-8-24(2)30-15-18-40(7)47-37(45-36)42(30,31)49-48-40/h23-37,43H,8-22H2,1-7H3/t23?,24-,25-,26+,27?,28-,29?,30?,31?,32?,33?,34+,35+,36?,37?,38+,39+,40+,41-,42-/m1/s1. The predicted molar refractivity (Wildman–Crippen MR) is 185 cm³/mol. The van der Waals surface area contributed by atoms with Crippen molar-refractivity contribution < 1.29 is 28.7 Å². The largest absolute Gasteiger partial charge is 0.357 e. The molecule has 0 radical (unpaired) electrons. The molecule has 7 nitrogen and oxygen atoms in total. The minimum absolute atomic E-state index is 0.0629. The molecular formula is C42H67NO6. The highest BCUT2D eigenvalue weighted by molar-refractivity contribution is 5.16. The van der Waals surface area contributed by atoms with Crippen molar-refractivity contribution in [3.05, 3.63) is 0 Å². The number of fused-ring (bicyclic) bond motifs is 9. The molecule has 6 saturated heterocycles. The number of hydrogen-bond donors (Lipinski definition) is 1. The summed E-state index contributed by atoms with van der Waals surface area (Å²) in [5, 5.41) is 3.95. The molecule has 0 amide bonds. The van der Waals surface area contributed by atoms with Crippen LogP contribution in [0.4, 0.5) is 0 Å². The highest BCUT2D eigenvalue weighted by Crippen LogP contribution is 2.71. The van der Waals surface area contributed by atoms with Gasteiger partial charge in [-0.3, -0.25) is 5.32 Å². The fraction of sp³-hybridized carbons (Fsp3) is 1.00. The summed E-state index contributed by atoms with van der Waals surface area (Å²) in [5.74, 6) is 6.18. The van der Waals surface area contributed by atoms with E-state index in [2.05, 4.69) is 46.9 Å². The zero-order valence-electron chi connectivity index (χ0n) is 31.7. The SMILES string of the molecule is CC1CC[C@@]2(NC1)O[C@H]1CC3C4CCC5C[C@H](OC6OC7O[C@]8(C)CCC9[C@H](C)CCC([C@H]6C)[C@@]79OO8)CC[C@]5(C)C4CC[C@]3(C)[C@H]1[C@@H]2C. The molecule has 2 bridgehead atoms. The van der Waals surface area contributed by atoms with Gasteiger partial charge in [-0.2, -0.15) is 0 Å². The Labute approximate surface area is 296 Å². The highest BCUT2D eigenvalue weighted by atomic mass is 17.3. The molecule has 276 valence electrons. The van der Waals surface area contributed by atoms with Crippen LogP contribution >= 0.6 is 0 Å². The average molecular weight is 682 g/mol. The van der Waals surface area contributed by atoms with Gasteiger partial charge in [0.2, 0.25) is 5.79 Å². The van der Waals surface area contributed by atoms with Gasteiger partial charge in [0.15, 0.2) is 18.2 Å². The van der Waals surface area contributed by atoms with Gasteiger partial charge in [-0.25, -0.2) is 9.78 Å². The van der Waals surface area contributed by atoms with Crippen LogP contribution in [0.5, 0.6) is 0 Å². The van der Waals surface area contributed by atoms with Gasteiger partial charge in [0, 0.05) is 30.7 Å². The predicted octanol–water partition coefficient (Wildman–Crippen LogP) is 8.60. The van der Waals surface area contributed by atoms with E-state index in [9.17, 15) is 0 Å². The van der Waals surface area contributed by atoms with E-state index in [-0.39, 0.29) is 24.0 Å². The topological polar surface area (TPSA) is 67.4 Å². The molecule has 20 atom stereocenters. The zero-order chi connectivity index (χ0) is 33.7. The minimum Gasteiger partial charge on any atom is -0.357 e. The second-order valence-electron chi connectivity index (χ2n) is 20.6. The van der Waals surface area contributed by atoms with Crippen LogP contribution in [0.2, 0.25) is 0 Å². The molecule has 5 aliphatic carbocycles. The summed E-state index contributed by atoms with van der Waals surface area (Å²) >= 11 is 0. The molecule has 6 aliphatic heterocycles. The number of piperidine rings is 1. The van der Waals surface area contributed by atoms with Crippen molar-refractivity contribution >= 4 is 0 Å². The second kappa shape index (κ2) is 11.1. The van der Waals surface area contributed by atoms with E-state index in [4.69, 9.17) is 28.7 Å². The summed E-state index contributed by atoms with van der Waals surface area (Å²) in [6.07, 6.45) is 17.3. The van der Waals surface area contributed by atoms with Crippen molar-refractivity contribution in [1.82, 2.24) is 5.32 Å². The lowest BCUT2D eigenvalue weighted by Crippen LogP contribution is -2.70. The Morgan fingerprint density at radius 2 is 1.51 bits per heavy atom. The van der Waals surface area contributed by atoms with E-state index < -0.39 is 17.7 Å². The fourth-order valence-electron chi connectivity index (χ4n) is 15.8. The lowest BCUT2D eigenvalue weighted by Gasteiger charge is -2.62. The van der Waals surface area contributed by atoms with E-state index in [0.29, 0.717) is 46.5 Å². The lowest BCUT2D eigenvalue weighted by molar-refractivity contribution is -0.578. The second-order valence-corrected chi connectivity index (χ2v) is 20.6. The van der Waals surface area contributed by atoms with Crippen LogP contribution in [0.15, 0.2) is 0 Å². The first kappa shape index (κ1) is 33.3. The molecule has 11 fully saturated rings. The third kappa shape index (κ3) is 4.51. The third-order valence-electron chi connectivity index (χ3n) is 18.5. The quantitative estimate of drug-likeness (QED) is 0.231. The van der Waals surface area contributed by atoms with Gasteiger partial charge in [0.25, 0.3) is 0 Å². The fourth-order valence-corrected chi connectivity index (χ4v) is 15.8. The van der Waals surface area contributed by atoms with Crippen LogP contribution in [-0.4, -0.2) is 48.4 Å². The maximum atomic E-state index is 7.17. The number of rotatable bonds is 2. The smallest absolute Gasteiger partial charge is 0.201 e. The third-order valence-corrected chi connectivity index (χ3v) is 18.5. The number of hydrogen-bond acceptors (Lipinski definition) is 7. The summed E-state index contributed by atoms with van der Waals surface area (Å²) in [6, 6.07) is 0. The van der Waals surface area contributed by atoms with Crippen LogP contribution in [0, 0.1) is 75.9 Å². The lowest BCUT2D eigenvalue weighted by atomic mass is 9.44. The molecule has 5 saturated carbocycles. The first-order chi connectivity index (χ1) is 23.4. The molecular weight excluding hydrogens is 614 g/mol. The molecule has 0 aromatic heterocycles. The van der Waals surface area contributed by atoms with Gasteiger partial charge in [-0.1, -0.05) is 41.5 Å². The van der Waals surface area contributed by atoms with Gasteiger partial charge in [-0.15, -0.1) is 0 Å². The Hall–Kier alpha value is -0.280. The van der Waals surface area contributed by atoms with Crippen molar-refractivity contribution in [2.24, 2.45) is 75.9 Å². The van der Waals surface area contributed by atoms with Crippen LogP contribution in [-0.2, 0) is 28.7 Å². The van der Waals surface area contributed by atoms with E-state index in [1.165, 1.54) is 64.2 Å². The first-order valence-corrected chi connectivity index (χ1v) is 21.2. The van der Waals surface area contributed by atoms with Crippen LogP contribution < -0.4 is 5.32 Å². The Morgan fingerprint density at radius 3 is 2.33 bits per heavy atom. The summed E-state index contributed by atoms with van der Waals surface area (Å²) < 4.78 is 27.8. The van der Waals surface area contributed by atoms with Crippen molar-refractivity contribution in [3.63, 3.8) is 0 Å². The summed E-state index contributed by atoms with van der Waals surface area (Å²) in [5.41, 5.74) is 0.276. The van der Waals surface area contributed by atoms with Crippen LogP contribution in [0.3, 0.4) is 0 Å². The molecule has 6 heterocycles. The van der Waals surface area contributed by atoms with Gasteiger partial charge in [0.1, 0.15) is 5.72 Å². The average Bonchev–Trinajstić information content (AvgIpc) is 3.39. The molecule has 9 unspecified atom stereocenters. The number of nitrogens with one attached hydrogen (secondary N) is 1. The van der Waals surface area contributed by atoms with Crippen molar-refractivity contribution in [1.29, 1.82) is 0 Å². The maximum Gasteiger partial charge on any atom is 0.201 e. The zero-order valence-corrected chi connectivity index (χ0v) is 31.7.